The number of nitrogens with one attached hydrogen (secondary N) is 1. The molecule has 0 unspecified atom stereocenters. The molecule has 0 fully saturated rings. The number of hydrogen-bond donors (Lipinski definition) is 1. The largest absolute Gasteiger partial charge is 0.378 e. The van der Waals surface area contributed by atoms with Crippen LogP contribution in [0.5, 0.6) is 0 Å². The van der Waals surface area contributed by atoms with Crippen molar-refractivity contribution in [2.45, 2.75) is 4.90 Å². The van der Waals surface area contributed by atoms with Crippen LogP contribution in [-0.4, -0.2) is 39.1 Å². The van der Waals surface area contributed by atoms with E-state index in [0.717, 1.165) is 9.99 Å². The zero-order valence-electron chi connectivity index (χ0n) is 12.8. The van der Waals surface area contributed by atoms with Gasteiger partial charge in [-0.3, -0.25) is 4.79 Å². The lowest BCUT2D eigenvalue weighted by molar-refractivity contribution is 0.101. The van der Waals surface area contributed by atoms with Crippen LogP contribution < -0.4 is 5.32 Å². The molecular weight excluding hydrogens is 336 g/mol. The molecule has 0 amide bonds. The molecule has 0 aromatic heterocycles. The van der Waals surface area contributed by atoms with Gasteiger partial charge in [-0.2, -0.15) is 0 Å². The third-order valence-corrected chi connectivity index (χ3v) is 5.26. The summed E-state index contributed by atoms with van der Waals surface area (Å²) in [6.07, 6.45) is 0. The highest BCUT2D eigenvalue weighted by Crippen LogP contribution is 2.17. The van der Waals surface area contributed by atoms with Crippen LogP contribution in [0.25, 0.3) is 0 Å². The van der Waals surface area contributed by atoms with Crippen molar-refractivity contribution < 1.29 is 13.2 Å². The predicted octanol–water partition coefficient (Wildman–Crippen LogP) is 2.89. The van der Waals surface area contributed by atoms with Crippen LogP contribution in [0.15, 0.2) is 53.4 Å². The lowest BCUT2D eigenvalue weighted by Gasteiger charge is -2.12. The number of carbonyl (C=O) groups is 1. The predicted molar refractivity (Wildman–Crippen MR) is 91.6 cm³/mol. The van der Waals surface area contributed by atoms with Gasteiger partial charge in [0.2, 0.25) is 10.0 Å². The number of nitrogens with zero attached hydrogens (tertiary/aromatic N) is 1. The third-order valence-electron chi connectivity index (χ3n) is 3.21. The first-order valence-electron chi connectivity index (χ1n) is 6.86. The lowest BCUT2D eigenvalue weighted by atomic mass is 10.1. The van der Waals surface area contributed by atoms with Crippen LogP contribution in [-0.2, 0) is 10.0 Å². The molecule has 2 rings (SSSR count). The Morgan fingerprint density at radius 1 is 1.13 bits per heavy atom. The van der Waals surface area contributed by atoms with Crippen molar-refractivity contribution in [3.05, 3.63) is 59.1 Å². The molecule has 0 spiro atoms. The van der Waals surface area contributed by atoms with Gasteiger partial charge in [-0.05, 0) is 30.3 Å². The molecule has 0 aliphatic heterocycles. The van der Waals surface area contributed by atoms with E-state index in [9.17, 15) is 13.2 Å². The van der Waals surface area contributed by atoms with Gasteiger partial charge in [-0.15, -0.1) is 0 Å². The first kappa shape index (κ1) is 17.5. The van der Waals surface area contributed by atoms with Gasteiger partial charge in [0.1, 0.15) is 0 Å². The van der Waals surface area contributed by atoms with E-state index in [1.54, 1.807) is 36.4 Å². The van der Waals surface area contributed by atoms with Crippen molar-refractivity contribution in [1.29, 1.82) is 0 Å². The zero-order valence-corrected chi connectivity index (χ0v) is 14.4. The molecule has 0 atom stereocenters. The Morgan fingerprint density at radius 3 is 2.48 bits per heavy atom. The number of benzene rings is 2. The number of halogens is 1. The average molecular weight is 353 g/mol. The number of Topliss-reactive ketones (excluding diaryl/α,β-unsaturated/α-hetero) is 1. The lowest BCUT2D eigenvalue weighted by Crippen LogP contribution is -2.22. The normalized spacial score (nSPS) is 11.5. The van der Waals surface area contributed by atoms with E-state index in [2.05, 4.69) is 5.32 Å². The molecule has 0 saturated heterocycles. The topological polar surface area (TPSA) is 66.5 Å². The number of carbonyl (C=O) groups excluding carboxylic acids is 1. The fourth-order valence-corrected chi connectivity index (χ4v) is 3.06. The van der Waals surface area contributed by atoms with Gasteiger partial charge in [0.05, 0.1) is 11.4 Å². The van der Waals surface area contributed by atoms with E-state index in [4.69, 9.17) is 11.6 Å². The summed E-state index contributed by atoms with van der Waals surface area (Å²) in [7, 11) is -0.665. The quantitative estimate of drug-likeness (QED) is 0.812. The Morgan fingerprint density at radius 2 is 1.83 bits per heavy atom. The molecule has 2 aromatic rings. The van der Waals surface area contributed by atoms with Crippen molar-refractivity contribution in [2.75, 3.05) is 26.0 Å². The van der Waals surface area contributed by atoms with E-state index in [1.165, 1.54) is 26.2 Å². The van der Waals surface area contributed by atoms with E-state index in [0.29, 0.717) is 10.6 Å². The minimum absolute atomic E-state index is 0.0474. The molecule has 122 valence electrons. The minimum atomic E-state index is -3.56. The van der Waals surface area contributed by atoms with E-state index in [-0.39, 0.29) is 17.2 Å². The summed E-state index contributed by atoms with van der Waals surface area (Å²) >= 11 is 5.88. The van der Waals surface area contributed by atoms with E-state index < -0.39 is 10.0 Å². The van der Waals surface area contributed by atoms with E-state index >= 15 is 0 Å². The number of ketones is 1. The Balaban J connectivity index is 2.14. The summed E-state index contributed by atoms with van der Waals surface area (Å²) in [5.41, 5.74) is 1.06. The molecule has 23 heavy (non-hydrogen) atoms. The highest BCUT2D eigenvalue weighted by Gasteiger charge is 2.18. The summed E-state index contributed by atoms with van der Waals surface area (Å²) in [5.74, 6) is -0.208. The van der Waals surface area contributed by atoms with Gasteiger partial charge in [0.15, 0.2) is 5.78 Å². The summed E-state index contributed by atoms with van der Waals surface area (Å²) in [6.45, 7) is 0.0474. The summed E-state index contributed by atoms with van der Waals surface area (Å²) in [4.78, 5) is 12.3. The fourth-order valence-electron chi connectivity index (χ4n) is 1.92. The number of rotatable bonds is 6. The smallest absolute Gasteiger partial charge is 0.242 e. The van der Waals surface area contributed by atoms with Gasteiger partial charge in [-0.1, -0.05) is 29.8 Å². The fraction of sp³-hybridized carbons (Fsp3) is 0.188. The third kappa shape index (κ3) is 4.31. The van der Waals surface area contributed by atoms with Gasteiger partial charge in [0.25, 0.3) is 0 Å². The van der Waals surface area contributed by atoms with Crippen molar-refractivity contribution in [3.8, 4) is 0 Å². The minimum Gasteiger partial charge on any atom is -0.378 e. The van der Waals surface area contributed by atoms with Crippen molar-refractivity contribution in [2.24, 2.45) is 0 Å². The van der Waals surface area contributed by atoms with Crippen LogP contribution in [0, 0.1) is 0 Å². The molecule has 0 bridgehead atoms. The highest BCUT2D eigenvalue weighted by molar-refractivity contribution is 7.89. The second-order valence-electron chi connectivity index (χ2n) is 5.10. The molecule has 0 aliphatic rings. The van der Waals surface area contributed by atoms with Gasteiger partial charge < -0.3 is 5.32 Å². The molecule has 0 heterocycles. The summed E-state index contributed by atoms with van der Waals surface area (Å²) in [6, 6.07) is 13.0. The summed E-state index contributed by atoms with van der Waals surface area (Å²) < 4.78 is 25.3. The van der Waals surface area contributed by atoms with Gasteiger partial charge >= 0.3 is 0 Å². The second-order valence-corrected chi connectivity index (χ2v) is 7.69. The second kappa shape index (κ2) is 7.12. The van der Waals surface area contributed by atoms with Crippen LogP contribution >= 0.6 is 11.6 Å². The number of anilines is 1. The van der Waals surface area contributed by atoms with Crippen LogP contribution in [0.4, 0.5) is 5.69 Å². The molecule has 1 N–H and O–H groups in total. The van der Waals surface area contributed by atoms with Crippen LogP contribution in [0.3, 0.4) is 0 Å². The molecule has 0 aliphatic carbocycles. The Labute approximate surface area is 140 Å². The maximum atomic E-state index is 12.2. The van der Waals surface area contributed by atoms with Crippen molar-refractivity contribution in [3.63, 3.8) is 0 Å². The van der Waals surface area contributed by atoms with Crippen LogP contribution in [0.2, 0.25) is 5.02 Å². The highest BCUT2D eigenvalue weighted by atomic mass is 35.5. The Hall–Kier alpha value is -1.89. The molecule has 0 saturated carbocycles. The first-order valence-corrected chi connectivity index (χ1v) is 8.68. The monoisotopic (exact) mass is 352 g/mol. The molecular formula is C16H17ClN2O3S. The molecule has 7 heteroatoms. The SMILES string of the molecule is CN(C)S(=O)(=O)c1cccc(C(=O)CNc2cccc(Cl)c2)c1. The number of sulfonamides is 1. The van der Waals surface area contributed by atoms with Crippen molar-refractivity contribution >= 4 is 33.1 Å². The van der Waals surface area contributed by atoms with E-state index in [1.807, 2.05) is 0 Å². The van der Waals surface area contributed by atoms with Gasteiger partial charge in [-0.25, -0.2) is 12.7 Å². The standard InChI is InChI=1S/C16H17ClN2O3S/c1-19(2)23(21,22)15-8-3-5-12(9-15)16(20)11-18-14-7-4-6-13(17)10-14/h3-10,18H,11H2,1-2H3. The number of hydrogen-bond acceptors (Lipinski definition) is 4. The summed E-state index contributed by atoms with van der Waals surface area (Å²) in [5, 5.41) is 3.54. The molecule has 5 nitrogen and oxygen atoms in total. The molecule has 0 radical (unpaired) electrons. The Kier molecular flexibility index (Phi) is 5.41. The molecule has 2 aromatic carbocycles. The van der Waals surface area contributed by atoms with Gasteiger partial charge in [0, 0.05) is 30.4 Å². The van der Waals surface area contributed by atoms with Crippen LogP contribution in [0.1, 0.15) is 10.4 Å². The Bertz CT molecular complexity index is 820. The maximum absolute atomic E-state index is 12.2. The maximum Gasteiger partial charge on any atom is 0.242 e. The average Bonchev–Trinajstić information content (AvgIpc) is 2.52. The first-order chi connectivity index (χ1) is 10.8. The van der Waals surface area contributed by atoms with Crippen molar-refractivity contribution in [1.82, 2.24) is 4.31 Å². The zero-order chi connectivity index (χ0) is 17.0.